The third kappa shape index (κ3) is 7.85. The average Bonchev–Trinajstić information content (AvgIpc) is 2.82. The average molecular weight is 557 g/mol. The highest BCUT2D eigenvalue weighted by atomic mass is 35.5. The van der Waals surface area contributed by atoms with E-state index in [9.17, 15) is 18.0 Å². The molecule has 0 spiro atoms. The van der Waals surface area contributed by atoms with Gasteiger partial charge in [-0.3, -0.25) is 13.9 Å². The summed E-state index contributed by atoms with van der Waals surface area (Å²) in [6, 6.07) is 11.1. The number of carbonyl (C=O) groups excluding carboxylic acids is 2. The Morgan fingerprint density at radius 2 is 1.67 bits per heavy atom. The Morgan fingerprint density at radius 3 is 2.22 bits per heavy atom. The van der Waals surface area contributed by atoms with E-state index in [1.54, 1.807) is 30.3 Å². The number of rotatable bonds is 12. The van der Waals surface area contributed by atoms with Crippen LogP contribution in [-0.4, -0.2) is 50.0 Å². The summed E-state index contributed by atoms with van der Waals surface area (Å²) < 4.78 is 26.7. The van der Waals surface area contributed by atoms with Crippen LogP contribution in [0.1, 0.15) is 51.7 Å². The van der Waals surface area contributed by atoms with E-state index in [2.05, 4.69) is 5.32 Å². The number of para-hydroxylation sites is 1. The predicted molar refractivity (Wildman–Crippen MR) is 147 cm³/mol. The van der Waals surface area contributed by atoms with Crippen LogP contribution in [0.15, 0.2) is 42.5 Å². The van der Waals surface area contributed by atoms with Crippen molar-refractivity contribution < 1.29 is 18.0 Å². The SMILES string of the molecule is CCc1ccccc1N(CC(=O)N(Cc1ccc(Cl)cc1Cl)[C@@H](CC)C(=O)N[C@@H](C)CC)S(C)(=O)=O. The Morgan fingerprint density at radius 1 is 1.00 bits per heavy atom. The molecule has 36 heavy (non-hydrogen) atoms. The molecule has 2 aromatic rings. The van der Waals surface area contributed by atoms with E-state index < -0.39 is 28.5 Å². The van der Waals surface area contributed by atoms with Gasteiger partial charge in [0.05, 0.1) is 11.9 Å². The lowest BCUT2D eigenvalue weighted by atomic mass is 10.1. The largest absolute Gasteiger partial charge is 0.352 e. The fraction of sp³-hybridized carbons (Fsp3) is 0.462. The highest BCUT2D eigenvalue weighted by molar-refractivity contribution is 7.92. The quantitative estimate of drug-likeness (QED) is 0.397. The minimum absolute atomic E-state index is 0.0221. The molecule has 0 aromatic heterocycles. The molecule has 0 saturated heterocycles. The van der Waals surface area contributed by atoms with Gasteiger partial charge in [0.25, 0.3) is 0 Å². The fourth-order valence-corrected chi connectivity index (χ4v) is 5.19. The maximum atomic E-state index is 13.8. The van der Waals surface area contributed by atoms with Crippen LogP contribution in [-0.2, 0) is 32.6 Å². The van der Waals surface area contributed by atoms with Gasteiger partial charge in [-0.1, -0.05) is 68.2 Å². The van der Waals surface area contributed by atoms with Crippen LogP contribution >= 0.6 is 23.2 Å². The topological polar surface area (TPSA) is 86.8 Å². The summed E-state index contributed by atoms with van der Waals surface area (Å²) in [6.45, 7) is 7.15. The van der Waals surface area contributed by atoms with E-state index in [4.69, 9.17) is 23.2 Å². The van der Waals surface area contributed by atoms with E-state index in [0.29, 0.717) is 34.1 Å². The van der Waals surface area contributed by atoms with Crippen LogP contribution in [0.5, 0.6) is 0 Å². The normalized spacial score (nSPS) is 13.1. The molecule has 1 N–H and O–H groups in total. The Bertz CT molecular complexity index is 1170. The summed E-state index contributed by atoms with van der Waals surface area (Å²) in [5.41, 5.74) is 1.84. The van der Waals surface area contributed by atoms with Gasteiger partial charge in [0.2, 0.25) is 21.8 Å². The van der Waals surface area contributed by atoms with E-state index in [1.807, 2.05) is 39.8 Å². The van der Waals surface area contributed by atoms with E-state index >= 15 is 0 Å². The Kier molecular flexibility index (Phi) is 11.1. The van der Waals surface area contributed by atoms with Crippen LogP contribution in [0.2, 0.25) is 10.0 Å². The van der Waals surface area contributed by atoms with Crippen molar-refractivity contribution in [3.8, 4) is 0 Å². The van der Waals surface area contributed by atoms with Crippen molar-refractivity contribution in [2.24, 2.45) is 0 Å². The molecule has 7 nitrogen and oxygen atoms in total. The molecular formula is C26H35Cl2N3O4S. The lowest BCUT2D eigenvalue weighted by molar-refractivity contribution is -0.140. The molecule has 10 heteroatoms. The van der Waals surface area contributed by atoms with Crippen LogP contribution in [0, 0.1) is 0 Å². The summed E-state index contributed by atoms with van der Waals surface area (Å²) in [5.74, 6) is -0.811. The smallest absolute Gasteiger partial charge is 0.244 e. The summed E-state index contributed by atoms with van der Waals surface area (Å²) >= 11 is 12.4. The zero-order valence-corrected chi connectivity index (χ0v) is 23.8. The molecule has 0 saturated carbocycles. The van der Waals surface area contributed by atoms with Gasteiger partial charge in [-0.15, -0.1) is 0 Å². The van der Waals surface area contributed by atoms with Crippen molar-refractivity contribution in [2.45, 2.75) is 65.6 Å². The molecule has 0 bridgehead atoms. The second-order valence-corrected chi connectivity index (χ2v) is 11.5. The molecule has 0 heterocycles. The molecule has 198 valence electrons. The number of nitrogens with zero attached hydrogens (tertiary/aromatic N) is 2. The molecule has 2 amide bonds. The van der Waals surface area contributed by atoms with Crippen LogP contribution in [0.25, 0.3) is 0 Å². The Balaban J connectivity index is 2.51. The first-order valence-corrected chi connectivity index (χ1v) is 14.6. The first-order valence-electron chi connectivity index (χ1n) is 12.0. The predicted octanol–water partition coefficient (Wildman–Crippen LogP) is 5.04. The lowest BCUT2D eigenvalue weighted by Gasteiger charge is -2.34. The fourth-order valence-electron chi connectivity index (χ4n) is 3.84. The third-order valence-electron chi connectivity index (χ3n) is 6.06. The number of nitrogens with one attached hydrogen (secondary N) is 1. The molecule has 0 unspecified atom stereocenters. The maximum Gasteiger partial charge on any atom is 0.244 e. The van der Waals surface area contributed by atoms with Crippen molar-refractivity contribution >= 4 is 50.7 Å². The molecule has 2 atom stereocenters. The molecule has 0 aliphatic heterocycles. The van der Waals surface area contributed by atoms with Crippen molar-refractivity contribution in [1.82, 2.24) is 10.2 Å². The number of carbonyl (C=O) groups is 2. The number of halogens is 2. The van der Waals surface area contributed by atoms with Gasteiger partial charge in [0.15, 0.2) is 0 Å². The van der Waals surface area contributed by atoms with Crippen LogP contribution < -0.4 is 9.62 Å². The van der Waals surface area contributed by atoms with Crippen molar-refractivity contribution in [2.75, 3.05) is 17.1 Å². The number of benzene rings is 2. The van der Waals surface area contributed by atoms with Crippen molar-refractivity contribution in [3.05, 3.63) is 63.6 Å². The Labute approximate surface area is 224 Å². The van der Waals surface area contributed by atoms with Gasteiger partial charge in [-0.2, -0.15) is 0 Å². The molecule has 0 radical (unpaired) electrons. The minimum atomic E-state index is -3.80. The number of hydrogen-bond acceptors (Lipinski definition) is 4. The van der Waals surface area contributed by atoms with Crippen LogP contribution in [0.4, 0.5) is 5.69 Å². The third-order valence-corrected chi connectivity index (χ3v) is 7.78. The number of hydrogen-bond donors (Lipinski definition) is 1. The monoisotopic (exact) mass is 555 g/mol. The summed E-state index contributed by atoms with van der Waals surface area (Å²) in [4.78, 5) is 28.4. The second kappa shape index (κ2) is 13.3. The number of aryl methyl sites for hydroxylation is 1. The number of anilines is 1. The highest BCUT2D eigenvalue weighted by Gasteiger charge is 2.32. The summed E-state index contributed by atoms with van der Waals surface area (Å²) in [6.07, 6.45) is 2.73. The van der Waals surface area contributed by atoms with Crippen LogP contribution in [0.3, 0.4) is 0 Å². The van der Waals surface area contributed by atoms with Crippen molar-refractivity contribution in [3.63, 3.8) is 0 Å². The second-order valence-electron chi connectivity index (χ2n) is 8.75. The zero-order valence-electron chi connectivity index (χ0n) is 21.4. The molecule has 0 fully saturated rings. The van der Waals surface area contributed by atoms with E-state index in [0.717, 1.165) is 22.5 Å². The van der Waals surface area contributed by atoms with Crippen molar-refractivity contribution in [1.29, 1.82) is 0 Å². The minimum Gasteiger partial charge on any atom is -0.352 e. The maximum absolute atomic E-state index is 13.8. The van der Waals surface area contributed by atoms with E-state index in [1.165, 1.54) is 4.90 Å². The highest BCUT2D eigenvalue weighted by Crippen LogP contribution is 2.26. The summed E-state index contributed by atoms with van der Waals surface area (Å²) in [7, 11) is -3.80. The lowest BCUT2D eigenvalue weighted by Crippen LogP contribution is -2.53. The molecule has 0 aliphatic carbocycles. The van der Waals surface area contributed by atoms with Gasteiger partial charge in [0.1, 0.15) is 12.6 Å². The molecule has 2 rings (SSSR count). The van der Waals surface area contributed by atoms with Gasteiger partial charge in [-0.05, 0) is 55.5 Å². The first-order chi connectivity index (χ1) is 16.9. The Hall–Kier alpha value is -2.29. The van der Waals surface area contributed by atoms with Gasteiger partial charge in [-0.25, -0.2) is 8.42 Å². The first kappa shape index (κ1) is 29.9. The van der Waals surface area contributed by atoms with E-state index in [-0.39, 0.29) is 18.5 Å². The number of amides is 2. The molecular weight excluding hydrogens is 521 g/mol. The molecule has 0 aliphatic rings. The zero-order chi connectivity index (χ0) is 27.0. The van der Waals surface area contributed by atoms with Gasteiger partial charge < -0.3 is 10.2 Å². The van der Waals surface area contributed by atoms with Gasteiger partial charge >= 0.3 is 0 Å². The van der Waals surface area contributed by atoms with Gasteiger partial charge in [0, 0.05) is 22.6 Å². The summed E-state index contributed by atoms with van der Waals surface area (Å²) in [5, 5.41) is 3.74. The standard InChI is InChI=1S/C26H35Cl2N3O4S/c1-6-18(4)29-26(33)23(8-3)30(16-20-13-14-21(27)15-22(20)28)25(32)17-31(36(5,34)35)24-12-10-9-11-19(24)7-2/h9-15,18,23H,6-8,16-17H2,1-5H3,(H,29,33)/t18-,23-/m0/s1. The number of sulfonamides is 1. The molecule has 2 aromatic carbocycles.